The highest BCUT2D eigenvalue weighted by molar-refractivity contribution is 6.32. The number of ether oxygens (including phenoxy) is 2. The lowest BCUT2D eigenvalue weighted by atomic mass is 10.1. The predicted molar refractivity (Wildman–Crippen MR) is 98.8 cm³/mol. The number of anilines is 1. The van der Waals surface area contributed by atoms with Crippen LogP contribution in [0.3, 0.4) is 0 Å². The number of pyridine rings is 1. The second-order valence-electron chi connectivity index (χ2n) is 6.41. The van der Waals surface area contributed by atoms with Crippen molar-refractivity contribution in [2.24, 2.45) is 0 Å². The molecule has 0 unspecified atom stereocenters. The number of piperazine rings is 1. The highest BCUT2D eigenvalue weighted by Crippen LogP contribution is 2.38. The van der Waals surface area contributed by atoms with Gasteiger partial charge >= 0.3 is 0 Å². The SMILES string of the molecule is Clc1cc(CN2CCN(c3ccccn3)CC2)cc2c1OCCCO2. The summed E-state index contributed by atoms with van der Waals surface area (Å²) in [6.07, 6.45) is 2.73. The fourth-order valence-electron chi connectivity index (χ4n) is 3.31. The second kappa shape index (κ2) is 7.50. The van der Waals surface area contributed by atoms with Gasteiger partial charge in [0, 0.05) is 45.3 Å². The number of fused-ring (bicyclic) bond motifs is 1. The van der Waals surface area contributed by atoms with Gasteiger partial charge in [-0.05, 0) is 29.8 Å². The van der Waals surface area contributed by atoms with E-state index in [1.807, 2.05) is 24.4 Å². The summed E-state index contributed by atoms with van der Waals surface area (Å²) in [5.41, 5.74) is 1.17. The third-order valence-electron chi connectivity index (χ3n) is 4.61. The third kappa shape index (κ3) is 3.83. The standard InChI is InChI=1S/C19H22ClN3O2/c20-16-12-15(13-17-19(16)25-11-3-10-24-17)14-22-6-8-23(9-7-22)18-4-1-2-5-21-18/h1-2,4-5,12-13H,3,6-11,14H2. The van der Waals surface area contributed by atoms with Gasteiger partial charge in [0.05, 0.1) is 18.2 Å². The molecular weight excluding hydrogens is 338 g/mol. The second-order valence-corrected chi connectivity index (χ2v) is 6.81. The van der Waals surface area contributed by atoms with Crippen molar-refractivity contribution in [3.8, 4) is 11.5 Å². The molecule has 0 amide bonds. The van der Waals surface area contributed by atoms with E-state index >= 15 is 0 Å². The van der Waals surface area contributed by atoms with Crippen molar-refractivity contribution < 1.29 is 9.47 Å². The number of aromatic nitrogens is 1. The van der Waals surface area contributed by atoms with Crippen molar-refractivity contribution in [2.75, 3.05) is 44.3 Å². The fraction of sp³-hybridized carbons (Fsp3) is 0.421. The van der Waals surface area contributed by atoms with Crippen molar-refractivity contribution in [1.82, 2.24) is 9.88 Å². The molecule has 4 rings (SSSR count). The number of benzene rings is 1. The van der Waals surface area contributed by atoms with Crippen LogP contribution in [0.4, 0.5) is 5.82 Å². The Bertz CT molecular complexity index is 718. The molecule has 0 saturated carbocycles. The summed E-state index contributed by atoms with van der Waals surface area (Å²) in [5.74, 6) is 2.51. The van der Waals surface area contributed by atoms with Crippen LogP contribution in [0.5, 0.6) is 11.5 Å². The fourth-order valence-corrected chi connectivity index (χ4v) is 3.60. The van der Waals surface area contributed by atoms with Crippen LogP contribution in [0.2, 0.25) is 5.02 Å². The van der Waals surface area contributed by atoms with Gasteiger partial charge in [-0.15, -0.1) is 0 Å². The maximum atomic E-state index is 6.40. The smallest absolute Gasteiger partial charge is 0.179 e. The van der Waals surface area contributed by atoms with Gasteiger partial charge in [-0.2, -0.15) is 0 Å². The number of nitrogens with zero attached hydrogens (tertiary/aromatic N) is 3. The highest BCUT2D eigenvalue weighted by atomic mass is 35.5. The summed E-state index contributed by atoms with van der Waals surface area (Å²) in [6.45, 7) is 6.17. The zero-order chi connectivity index (χ0) is 17.1. The molecule has 132 valence electrons. The Balaban J connectivity index is 1.40. The molecule has 0 radical (unpaired) electrons. The van der Waals surface area contributed by atoms with Crippen molar-refractivity contribution in [1.29, 1.82) is 0 Å². The molecule has 0 bridgehead atoms. The molecule has 1 saturated heterocycles. The van der Waals surface area contributed by atoms with Gasteiger partial charge < -0.3 is 14.4 Å². The molecule has 2 aliphatic rings. The predicted octanol–water partition coefficient (Wildman–Crippen LogP) is 3.22. The van der Waals surface area contributed by atoms with Crippen LogP contribution in [0.25, 0.3) is 0 Å². The lowest BCUT2D eigenvalue weighted by Crippen LogP contribution is -2.46. The number of rotatable bonds is 3. The van der Waals surface area contributed by atoms with E-state index in [0.717, 1.165) is 50.7 Å². The third-order valence-corrected chi connectivity index (χ3v) is 4.89. The Kier molecular flexibility index (Phi) is 4.95. The van der Waals surface area contributed by atoms with Crippen LogP contribution in [0.1, 0.15) is 12.0 Å². The van der Waals surface area contributed by atoms with Crippen molar-refractivity contribution in [2.45, 2.75) is 13.0 Å². The summed E-state index contributed by atoms with van der Waals surface area (Å²) >= 11 is 6.40. The van der Waals surface area contributed by atoms with Crippen molar-refractivity contribution >= 4 is 17.4 Å². The molecule has 2 aliphatic heterocycles. The van der Waals surface area contributed by atoms with Crippen LogP contribution in [0.15, 0.2) is 36.5 Å². The lowest BCUT2D eigenvalue weighted by Gasteiger charge is -2.35. The Labute approximate surface area is 153 Å². The molecule has 3 heterocycles. The van der Waals surface area contributed by atoms with Crippen molar-refractivity contribution in [3.05, 3.63) is 47.1 Å². The monoisotopic (exact) mass is 359 g/mol. The minimum atomic E-state index is 0.640. The normalized spacial score (nSPS) is 18.0. The molecule has 1 fully saturated rings. The van der Waals surface area contributed by atoms with Crippen LogP contribution < -0.4 is 14.4 Å². The highest BCUT2D eigenvalue weighted by Gasteiger charge is 2.20. The maximum Gasteiger partial charge on any atom is 0.179 e. The molecule has 0 aliphatic carbocycles. The van der Waals surface area contributed by atoms with Crippen LogP contribution in [0, 0.1) is 0 Å². The van der Waals surface area contributed by atoms with Crippen LogP contribution in [-0.2, 0) is 6.54 Å². The van der Waals surface area contributed by atoms with Gasteiger partial charge in [0.15, 0.2) is 11.5 Å². The summed E-state index contributed by atoms with van der Waals surface area (Å²) in [5, 5.41) is 0.640. The largest absolute Gasteiger partial charge is 0.489 e. The van der Waals surface area contributed by atoms with Gasteiger partial charge in [0.1, 0.15) is 5.82 Å². The Morgan fingerprint density at radius 1 is 1.04 bits per heavy atom. The summed E-state index contributed by atoms with van der Waals surface area (Å²) in [6, 6.07) is 10.1. The molecule has 2 aromatic rings. The van der Waals surface area contributed by atoms with Crippen LogP contribution >= 0.6 is 11.6 Å². The average Bonchev–Trinajstić information content (AvgIpc) is 2.89. The zero-order valence-electron chi connectivity index (χ0n) is 14.2. The number of hydrogen-bond donors (Lipinski definition) is 0. The molecule has 6 heteroatoms. The van der Waals surface area contributed by atoms with Gasteiger partial charge in [0.25, 0.3) is 0 Å². The maximum absolute atomic E-state index is 6.40. The van der Waals surface area contributed by atoms with Crippen LogP contribution in [-0.4, -0.2) is 49.3 Å². The summed E-state index contributed by atoms with van der Waals surface area (Å²) in [7, 11) is 0. The van der Waals surface area contributed by atoms with Gasteiger partial charge in [-0.3, -0.25) is 4.90 Å². The van der Waals surface area contributed by atoms with E-state index in [9.17, 15) is 0 Å². The molecular formula is C19H22ClN3O2. The average molecular weight is 360 g/mol. The number of hydrogen-bond acceptors (Lipinski definition) is 5. The van der Waals surface area contributed by atoms with Gasteiger partial charge in [-0.1, -0.05) is 17.7 Å². The Hall–Kier alpha value is -1.98. The molecule has 1 aromatic heterocycles. The first-order valence-electron chi connectivity index (χ1n) is 8.76. The lowest BCUT2D eigenvalue weighted by molar-refractivity contribution is 0.248. The van der Waals surface area contributed by atoms with Gasteiger partial charge in [-0.25, -0.2) is 4.98 Å². The van der Waals surface area contributed by atoms with E-state index in [0.29, 0.717) is 24.0 Å². The summed E-state index contributed by atoms with van der Waals surface area (Å²) in [4.78, 5) is 9.21. The Morgan fingerprint density at radius 2 is 1.88 bits per heavy atom. The van der Waals surface area contributed by atoms with Gasteiger partial charge in [0.2, 0.25) is 0 Å². The first-order valence-corrected chi connectivity index (χ1v) is 9.14. The molecule has 0 spiro atoms. The zero-order valence-corrected chi connectivity index (χ0v) is 14.9. The van der Waals surface area contributed by atoms with E-state index in [-0.39, 0.29) is 0 Å². The molecule has 0 atom stereocenters. The minimum absolute atomic E-state index is 0.640. The number of halogens is 1. The topological polar surface area (TPSA) is 37.8 Å². The molecule has 1 aromatic carbocycles. The summed E-state index contributed by atoms with van der Waals surface area (Å²) < 4.78 is 11.5. The van der Waals surface area contributed by atoms with E-state index in [1.165, 1.54) is 5.56 Å². The molecule has 5 nitrogen and oxygen atoms in total. The Morgan fingerprint density at radius 3 is 2.68 bits per heavy atom. The first kappa shape index (κ1) is 16.5. The quantitative estimate of drug-likeness (QED) is 0.841. The van der Waals surface area contributed by atoms with E-state index < -0.39 is 0 Å². The van der Waals surface area contributed by atoms with E-state index in [1.54, 1.807) is 0 Å². The first-order chi connectivity index (χ1) is 12.3. The van der Waals surface area contributed by atoms with E-state index in [2.05, 4.69) is 26.9 Å². The molecule has 25 heavy (non-hydrogen) atoms. The van der Waals surface area contributed by atoms with E-state index in [4.69, 9.17) is 21.1 Å². The molecule has 0 N–H and O–H groups in total. The van der Waals surface area contributed by atoms with Crippen molar-refractivity contribution in [3.63, 3.8) is 0 Å². The minimum Gasteiger partial charge on any atom is -0.489 e.